The number of pyridine rings is 1. The first-order valence-electron chi connectivity index (χ1n) is 8.39. The van der Waals surface area contributed by atoms with Gasteiger partial charge < -0.3 is 10.2 Å². The molecule has 0 saturated carbocycles. The maximum absolute atomic E-state index is 11.8. The number of carbonyl (C=O) groups is 1. The van der Waals surface area contributed by atoms with Gasteiger partial charge in [0, 0.05) is 18.7 Å². The van der Waals surface area contributed by atoms with Crippen molar-refractivity contribution in [1.82, 2.24) is 4.98 Å². The highest BCUT2D eigenvalue weighted by Gasteiger charge is 2.18. The lowest BCUT2D eigenvalue weighted by Gasteiger charge is -2.30. The van der Waals surface area contributed by atoms with Crippen LogP contribution in [0.15, 0.2) is 42.6 Å². The first kappa shape index (κ1) is 15.5. The molecule has 23 heavy (non-hydrogen) atoms. The molecule has 4 heteroatoms. The zero-order chi connectivity index (χ0) is 16.1. The van der Waals surface area contributed by atoms with E-state index < -0.39 is 0 Å². The predicted molar refractivity (Wildman–Crippen MR) is 94.2 cm³/mol. The lowest BCUT2D eigenvalue weighted by Crippen LogP contribution is -2.25. The summed E-state index contributed by atoms with van der Waals surface area (Å²) < 4.78 is 0. The normalized spacial score (nSPS) is 13.5. The van der Waals surface area contributed by atoms with Crippen LogP contribution in [-0.2, 0) is 11.2 Å². The van der Waals surface area contributed by atoms with E-state index in [2.05, 4.69) is 46.4 Å². The van der Waals surface area contributed by atoms with E-state index in [1.807, 2.05) is 12.1 Å². The van der Waals surface area contributed by atoms with Crippen LogP contribution in [0.4, 0.5) is 17.2 Å². The zero-order valence-corrected chi connectivity index (χ0v) is 13.6. The molecule has 0 unspecified atom stereocenters. The van der Waals surface area contributed by atoms with E-state index in [4.69, 9.17) is 0 Å². The van der Waals surface area contributed by atoms with Crippen LogP contribution >= 0.6 is 0 Å². The summed E-state index contributed by atoms with van der Waals surface area (Å²) in [5.74, 6) is 0.994. The van der Waals surface area contributed by atoms with E-state index in [0.717, 1.165) is 43.7 Å². The number of aryl methyl sites for hydroxylation is 1. The van der Waals surface area contributed by atoms with Gasteiger partial charge in [-0.25, -0.2) is 4.98 Å². The number of unbranched alkanes of at least 4 members (excludes halogenated alkanes) is 1. The van der Waals surface area contributed by atoms with E-state index in [-0.39, 0.29) is 5.91 Å². The number of hydrogen-bond donors (Lipinski definition) is 1. The van der Waals surface area contributed by atoms with Crippen LogP contribution in [0.5, 0.6) is 0 Å². The van der Waals surface area contributed by atoms with Gasteiger partial charge in [0.2, 0.25) is 5.91 Å². The third-order valence-corrected chi connectivity index (χ3v) is 4.18. The van der Waals surface area contributed by atoms with Gasteiger partial charge >= 0.3 is 0 Å². The van der Waals surface area contributed by atoms with Crippen LogP contribution in [0.25, 0.3) is 0 Å². The van der Waals surface area contributed by atoms with Crippen LogP contribution in [0.2, 0.25) is 0 Å². The molecule has 1 aliphatic rings. The summed E-state index contributed by atoms with van der Waals surface area (Å²) in [5, 5.41) is 2.91. The summed E-state index contributed by atoms with van der Waals surface area (Å²) >= 11 is 0. The Morgan fingerprint density at radius 3 is 2.91 bits per heavy atom. The molecule has 2 heterocycles. The standard InChI is InChI=1S/C19H23N3O/c1-2-3-10-19(23)21-16-11-12-18(20-14-16)22-13-6-8-15-7-4-5-9-17(15)22/h4-5,7,9,11-12,14H,2-3,6,8,10,13H2,1H3,(H,21,23). The van der Waals surface area contributed by atoms with Crippen LogP contribution in [0.1, 0.15) is 38.2 Å². The van der Waals surface area contributed by atoms with Crippen molar-refractivity contribution in [3.8, 4) is 0 Å². The lowest BCUT2D eigenvalue weighted by molar-refractivity contribution is -0.116. The quantitative estimate of drug-likeness (QED) is 0.896. The summed E-state index contributed by atoms with van der Waals surface area (Å²) in [6.45, 7) is 3.06. The number of fused-ring (bicyclic) bond motifs is 1. The minimum Gasteiger partial charge on any atom is -0.326 e. The van der Waals surface area contributed by atoms with Gasteiger partial charge in [-0.2, -0.15) is 0 Å². The van der Waals surface area contributed by atoms with Gasteiger partial charge in [-0.15, -0.1) is 0 Å². The fourth-order valence-corrected chi connectivity index (χ4v) is 2.95. The number of amides is 1. The topological polar surface area (TPSA) is 45.2 Å². The number of rotatable bonds is 5. The summed E-state index contributed by atoms with van der Waals surface area (Å²) in [7, 11) is 0. The van der Waals surface area contributed by atoms with Crippen molar-refractivity contribution in [2.75, 3.05) is 16.8 Å². The molecule has 0 spiro atoms. The third-order valence-electron chi connectivity index (χ3n) is 4.18. The Morgan fingerprint density at radius 1 is 1.26 bits per heavy atom. The Morgan fingerprint density at radius 2 is 2.13 bits per heavy atom. The van der Waals surface area contributed by atoms with Crippen molar-refractivity contribution < 1.29 is 4.79 Å². The molecule has 3 rings (SSSR count). The van der Waals surface area contributed by atoms with Crippen molar-refractivity contribution in [3.05, 3.63) is 48.2 Å². The van der Waals surface area contributed by atoms with Gasteiger partial charge in [0.05, 0.1) is 11.9 Å². The fourth-order valence-electron chi connectivity index (χ4n) is 2.95. The predicted octanol–water partition coefficient (Wildman–Crippen LogP) is 4.29. The maximum Gasteiger partial charge on any atom is 0.224 e. The van der Waals surface area contributed by atoms with Crippen molar-refractivity contribution in [2.24, 2.45) is 0 Å². The first-order valence-corrected chi connectivity index (χ1v) is 8.39. The number of hydrogen-bond acceptors (Lipinski definition) is 3. The Balaban J connectivity index is 1.72. The number of nitrogens with one attached hydrogen (secondary N) is 1. The second-order valence-electron chi connectivity index (χ2n) is 5.94. The Bertz CT molecular complexity index is 667. The van der Waals surface area contributed by atoms with Gasteiger partial charge in [0.1, 0.15) is 5.82 Å². The smallest absolute Gasteiger partial charge is 0.224 e. The molecule has 1 aromatic carbocycles. The summed E-state index contributed by atoms with van der Waals surface area (Å²) in [5.41, 5.74) is 3.38. The largest absolute Gasteiger partial charge is 0.326 e. The molecule has 1 aliphatic heterocycles. The number of anilines is 3. The van der Waals surface area contributed by atoms with Crippen LogP contribution < -0.4 is 10.2 Å². The summed E-state index contributed by atoms with van der Waals surface area (Å²) in [6.07, 6.45) is 6.52. The minimum absolute atomic E-state index is 0.0599. The number of aromatic nitrogens is 1. The molecular formula is C19H23N3O. The van der Waals surface area contributed by atoms with Crippen LogP contribution in [0.3, 0.4) is 0 Å². The highest BCUT2D eigenvalue weighted by atomic mass is 16.1. The van der Waals surface area contributed by atoms with E-state index >= 15 is 0 Å². The number of para-hydroxylation sites is 1. The van der Waals surface area contributed by atoms with Crippen molar-refractivity contribution in [1.29, 1.82) is 0 Å². The molecule has 0 aliphatic carbocycles. The Hall–Kier alpha value is -2.36. The lowest BCUT2D eigenvalue weighted by atomic mass is 10.0. The maximum atomic E-state index is 11.8. The van der Waals surface area contributed by atoms with Crippen molar-refractivity contribution in [2.45, 2.75) is 39.0 Å². The van der Waals surface area contributed by atoms with Gasteiger partial charge in [-0.1, -0.05) is 31.5 Å². The Labute approximate surface area is 137 Å². The molecule has 1 N–H and O–H groups in total. The van der Waals surface area contributed by atoms with E-state index in [9.17, 15) is 4.79 Å². The van der Waals surface area contributed by atoms with E-state index in [1.165, 1.54) is 11.3 Å². The average molecular weight is 309 g/mol. The molecule has 0 radical (unpaired) electrons. The average Bonchev–Trinajstić information content (AvgIpc) is 2.60. The number of benzene rings is 1. The summed E-state index contributed by atoms with van der Waals surface area (Å²) in [4.78, 5) is 18.6. The number of carbonyl (C=O) groups excluding carboxylic acids is 1. The van der Waals surface area contributed by atoms with Crippen molar-refractivity contribution >= 4 is 23.1 Å². The van der Waals surface area contributed by atoms with Crippen LogP contribution in [0, 0.1) is 0 Å². The third kappa shape index (κ3) is 3.70. The monoisotopic (exact) mass is 309 g/mol. The molecule has 2 aromatic rings. The van der Waals surface area contributed by atoms with Gasteiger partial charge in [-0.05, 0) is 43.0 Å². The van der Waals surface area contributed by atoms with Crippen LogP contribution in [-0.4, -0.2) is 17.4 Å². The Kier molecular flexibility index (Phi) is 4.91. The zero-order valence-electron chi connectivity index (χ0n) is 13.6. The van der Waals surface area contributed by atoms with E-state index in [1.54, 1.807) is 6.20 Å². The molecule has 0 saturated heterocycles. The molecule has 0 atom stereocenters. The second kappa shape index (κ2) is 7.27. The summed E-state index contributed by atoms with van der Waals surface area (Å²) in [6, 6.07) is 12.4. The second-order valence-corrected chi connectivity index (χ2v) is 5.94. The van der Waals surface area contributed by atoms with Gasteiger partial charge in [0.15, 0.2) is 0 Å². The molecular weight excluding hydrogens is 286 g/mol. The SMILES string of the molecule is CCCCC(=O)Nc1ccc(N2CCCc3ccccc32)nc1. The number of nitrogens with zero attached hydrogens (tertiary/aromatic N) is 2. The molecule has 4 nitrogen and oxygen atoms in total. The van der Waals surface area contributed by atoms with Gasteiger partial charge in [0.25, 0.3) is 0 Å². The highest BCUT2D eigenvalue weighted by Crippen LogP contribution is 2.32. The molecule has 0 fully saturated rings. The van der Waals surface area contributed by atoms with Crippen molar-refractivity contribution in [3.63, 3.8) is 0 Å². The highest BCUT2D eigenvalue weighted by molar-refractivity contribution is 5.90. The molecule has 1 aromatic heterocycles. The van der Waals surface area contributed by atoms with E-state index in [0.29, 0.717) is 6.42 Å². The van der Waals surface area contributed by atoms with Gasteiger partial charge in [-0.3, -0.25) is 4.79 Å². The molecule has 1 amide bonds. The fraction of sp³-hybridized carbons (Fsp3) is 0.368. The molecule has 0 bridgehead atoms. The molecule has 120 valence electrons. The first-order chi connectivity index (χ1) is 11.3. The minimum atomic E-state index is 0.0599.